The van der Waals surface area contributed by atoms with Crippen LogP contribution in [-0.2, 0) is 19.6 Å². The summed E-state index contributed by atoms with van der Waals surface area (Å²) in [7, 11) is 0. The van der Waals surface area contributed by atoms with Crippen LogP contribution < -0.4 is 14.8 Å². The van der Waals surface area contributed by atoms with E-state index in [1.165, 1.54) is 18.2 Å². The van der Waals surface area contributed by atoms with Gasteiger partial charge < -0.3 is 14.8 Å². The van der Waals surface area contributed by atoms with E-state index in [0.717, 1.165) is 15.6 Å². The van der Waals surface area contributed by atoms with E-state index in [9.17, 15) is 14.5 Å². The van der Waals surface area contributed by atoms with E-state index in [-0.39, 0.29) is 18.1 Å². The van der Waals surface area contributed by atoms with Crippen LogP contribution in [0.1, 0.15) is 23.6 Å². The molecule has 3 aromatic carbocycles. The molecule has 0 aliphatic heterocycles. The summed E-state index contributed by atoms with van der Waals surface area (Å²) in [5.41, 5.74) is 2.53. The minimum Gasteiger partial charge on any atom is -0.490 e. The minimum absolute atomic E-state index is 0.0401. The summed E-state index contributed by atoms with van der Waals surface area (Å²) in [6.45, 7) is 3.85. The van der Waals surface area contributed by atoms with Crippen molar-refractivity contribution in [2.24, 2.45) is 0 Å². The SMILES string of the molecule is CCOc1cc(CNCCc2ccccc2F)c(Br)cc1OCc1ccc([N+](=O)[O-])cc1. The van der Waals surface area contributed by atoms with E-state index in [2.05, 4.69) is 21.2 Å². The molecule has 6 nitrogen and oxygen atoms in total. The van der Waals surface area contributed by atoms with E-state index >= 15 is 0 Å². The first-order valence-corrected chi connectivity index (χ1v) is 11.0. The molecule has 0 atom stereocenters. The summed E-state index contributed by atoms with van der Waals surface area (Å²) in [6, 6.07) is 16.8. The highest BCUT2D eigenvalue weighted by Gasteiger charge is 2.12. The molecular weight excluding hydrogens is 479 g/mol. The zero-order chi connectivity index (χ0) is 22.9. The summed E-state index contributed by atoms with van der Waals surface area (Å²) >= 11 is 3.58. The van der Waals surface area contributed by atoms with Crippen molar-refractivity contribution >= 4 is 21.6 Å². The van der Waals surface area contributed by atoms with Gasteiger partial charge in [0.2, 0.25) is 0 Å². The lowest BCUT2D eigenvalue weighted by molar-refractivity contribution is -0.384. The van der Waals surface area contributed by atoms with Crippen molar-refractivity contribution in [2.75, 3.05) is 13.2 Å². The molecule has 168 valence electrons. The van der Waals surface area contributed by atoms with Gasteiger partial charge in [0.1, 0.15) is 12.4 Å². The number of benzene rings is 3. The Morgan fingerprint density at radius 2 is 1.75 bits per heavy atom. The molecule has 0 aromatic heterocycles. The Balaban J connectivity index is 1.62. The van der Waals surface area contributed by atoms with Crippen molar-refractivity contribution in [3.8, 4) is 11.5 Å². The zero-order valence-electron chi connectivity index (χ0n) is 17.6. The van der Waals surface area contributed by atoms with Gasteiger partial charge in [0.25, 0.3) is 5.69 Å². The maximum atomic E-state index is 13.7. The van der Waals surface area contributed by atoms with Crippen LogP contribution in [0.15, 0.2) is 65.1 Å². The molecule has 0 fully saturated rings. The Morgan fingerprint density at radius 3 is 2.44 bits per heavy atom. The molecule has 0 aliphatic rings. The third-order valence-corrected chi connectivity index (χ3v) is 5.54. The van der Waals surface area contributed by atoms with Crippen LogP contribution in [0, 0.1) is 15.9 Å². The fourth-order valence-electron chi connectivity index (χ4n) is 3.12. The predicted molar refractivity (Wildman–Crippen MR) is 125 cm³/mol. The van der Waals surface area contributed by atoms with Crippen LogP contribution in [0.4, 0.5) is 10.1 Å². The molecule has 3 aromatic rings. The molecule has 32 heavy (non-hydrogen) atoms. The number of hydrogen-bond donors (Lipinski definition) is 1. The summed E-state index contributed by atoms with van der Waals surface area (Å²) < 4.78 is 26.3. The normalized spacial score (nSPS) is 10.7. The van der Waals surface area contributed by atoms with Gasteiger partial charge in [0, 0.05) is 23.2 Å². The Bertz CT molecular complexity index is 1060. The van der Waals surface area contributed by atoms with Crippen molar-refractivity contribution in [1.29, 1.82) is 0 Å². The van der Waals surface area contributed by atoms with Crippen LogP contribution >= 0.6 is 15.9 Å². The maximum absolute atomic E-state index is 13.7. The molecule has 3 rings (SSSR count). The number of nitro groups is 1. The van der Waals surface area contributed by atoms with Crippen LogP contribution in [0.2, 0.25) is 0 Å². The summed E-state index contributed by atoms with van der Waals surface area (Å²) in [6.07, 6.45) is 0.596. The highest BCUT2D eigenvalue weighted by molar-refractivity contribution is 9.10. The van der Waals surface area contributed by atoms with Gasteiger partial charge in [-0.05, 0) is 66.9 Å². The smallest absolute Gasteiger partial charge is 0.269 e. The Labute approximate surface area is 194 Å². The van der Waals surface area contributed by atoms with Crippen LogP contribution in [0.25, 0.3) is 0 Å². The van der Waals surface area contributed by atoms with Gasteiger partial charge in [0.05, 0.1) is 11.5 Å². The standard InChI is InChI=1S/C24H24BrFN2O4/c1-2-31-23-13-19(15-27-12-11-18-5-3-4-6-22(18)26)21(25)14-24(23)32-16-17-7-9-20(10-8-17)28(29)30/h3-10,13-14,27H,2,11-12,15-16H2,1H3. The van der Waals surface area contributed by atoms with Crippen LogP contribution in [-0.4, -0.2) is 18.1 Å². The molecule has 0 amide bonds. The van der Waals surface area contributed by atoms with Crippen LogP contribution in [0.3, 0.4) is 0 Å². The van der Waals surface area contributed by atoms with Gasteiger partial charge in [0.15, 0.2) is 11.5 Å². The zero-order valence-corrected chi connectivity index (χ0v) is 19.2. The molecule has 0 spiro atoms. The monoisotopic (exact) mass is 502 g/mol. The second kappa shape index (κ2) is 11.6. The van der Waals surface area contributed by atoms with Gasteiger partial charge in [-0.3, -0.25) is 10.1 Å². The van der Waals surface area contributed by atoms with E-state index in [0.29, 0.717) is 43.2 Å². The number of halogens is 2. The quantitative estimate of drug-likeness (QED) is 0.203. The summed E-state index contributed by atoms with van der Waals surface area (Å²) in [5, 5.41) is 14.1. The minimum atomic E-state index is -0.432. The second-order valence-electron chi connectivity index (χ2n) is 7.05. The van der Waals surface area contributed by atoms with Crippen molar-refractivity contribution in [2.45, 2.75) is 26.5 Å². The first kappa shape index (κ1) is 23.7. The molecule has 0 saturated carbocycles. The third-order valence-electron chi connectivity index (χ3n) is 4.80. The molecule has 0 radical (unpaired) electrons. The molecule has 8 heteroatoms. The highest BCUT2D eigenvalue weighted by Crippen LogP contribution is 2.34. The average Bonchev–Trinajstić information content (AvgIpc) is 2.79. The van der Waals surface area contributed by atoms with E-state index in [4.69, 9.17) is 9.47 Å². The van der Waals surface area contributed by atoms with Crippen molar-refractivity contribution in [3.05, 3.63) is 97.8 Å². The summed E-state index contributed by atoms with van der Waals surface area (Å²) in [5.74, 6) is 0.999. The topological polar surface area (TPSA) is 73.6 Å². The molecule has 0 unspecified atom stereocenters. The average molecular weight is 503 g/mol. The van der Waals surface area contributed by atoms with Gasteiger partial charge in [-0.1, -0.05) is 34.1 Å². The fraction of sp³-hybridized carbons (Fsp3) is 0.250. The van der Waals surface area contributed by atoms with E-state index in [1.54, 1.807) is 24.3 Å². The number of nitrogens with zero attached hydrogens (tertiary/aromatic N) is 1. The maximum Gasteiger partial charge on any atom is 0.269 e. The molecule has 1 N–H and O–H groups in total. The Morgan fingerprint density at radius 1 is 1.03 bits per heavy atom. The molecule has 0 aliphatic carbocycles. The number of ether oxygens (including phenoxy) is 2. The summed E-state index contributed by atoms with van der Waals surface area (Å²) in [4.78, 5) is 10.4. The Hall–Kier alpha value is -2.97. The Kier molecular flexibility index (Phi) is 8.58. The van der Waals surface area contributed by atoms with Gasteiger partial charge in [-0.2, -0.15) is 0 Å². The number of nitro benzene ring substituents is 1. The number of rotatable bonds is 11. The van der Waals surface area contributed by atoms with Crippen molar-refractivity contribution in [3.63, 3.8) is 0 Å². The lowest BCUT2D eigenvalue weighted by Crippen LogP contribution is -2.17. The van der Waals surface area contributed by atoms with E-state index in [1.807, 2.05) is 25.1 Å². The van der Waals surface area contributed by atoms with Crippen LogP contribution in [0.5, 0.6) is 11.5 Å². The molecule has 0 heterocycles. The molecular formula is C24H24BrFN2O4. The van der Waals surface area contributed by atoms with Gasteiger partial charge in [-0.15, -0.1) is 0 Å². The predicted octanol–water partition coefficient (Wildman–Crippen LogP) is 5.81. The number of nitrogens with one attached hydrogen (secondary N) is 1. The first-order valence-electron chi connectivity index (χ1n) is 10.2. The lowest BCUT2D eigenvalue weighted by Gasteiger charge is -2.15. The van der Waals surface area contributed by atoms with Crippen molar-refractivity contribution < 1.29 is 18.8 Å². The molecule has 0 saturated heterocycles. The van der Waals surface area contributed by atoms with Gasteiger partial charge >= 0.3 is 0 Å². The first-order chi connectivity index (χ1) is 15.5. The van der Waals surface area contributed by atoms with Gasteiger partial charge in [-0.25, -0.2) is 4.39 Å². The largest absolute Gasteiger partial charge is 0.490 e. The second-order valence-corrected chi connectivity index (χ2v) is 7.91. The third kappa shape index (κ3) is 6.51. The number of hydrogen-bond acceptors (Lipinski definition) is 5. The highest BCUT2D eigenvalue weighted by atomic mass is 79.9. The molecule has 0 bridgehead atoms. The van der Waals surface area contributed by atoms with Crippen molar-refractivity contribution in [1.82, 2.24) is 5.32 Å². The van der Waals surface area contributed by atoms with E-state index < -0.39 is 4.92 Å². The fourth-order valence-corrected chi connectivity index (χ4v) is 3.58. The lowest BCUT2D eigenvalue weighted by atomic mass is 10.1. The number of non-ortho nitro benzene ring substituents is 1.